The second-order valence-electron chi connectivity index (χ2n) is 6.25. The third-order valence-corrected chi connectivity index (χ3v) is 4.52. The third kappa shape index (κ3) is 4.30. The summed E-state index contributed by atoms with van der Waals surface area (Å²) in [7, 11) is 0. The van der Waals surface area contributed by atoms with Crippen molar-refractivity contribution in [3.63, 3.8) is 0 Å². The molecule has 1 aromatic carbocycles. The number of rotatable bonds is 4. The van der Waals surface area contributed by atoms with Crippen molar-refractivity contribution in [2.75, 3.05) is 24.5 Å². The van der Waals surface area contributed by atoms with Crippen molar-refractivity contribution in [3.8, 4) is 0 Å². The molecule has 0 radical (unpaired) electrons. The van der Waals surface area contributed by atoms with Crippen LogP contribution in [0.15, 0.2) is 42.9 Å². The van der Waals surface area contributed by atoms with Crippen molar-refractivity contribution in [1.29, 1.82) is 0 Å². The quantitative estimate of drug-likeness (QED) is 0.906. The largest absolute Gasteiger partial charge is 0.417 e. The van der Waals surface area contributed by atoms with Crippen molar-refractivity contribution in [2.45, 2.75) is 19.0 Å². The maximum Gasteiger partial charge on any atom is 0.417 e. The fourth-order valence-electron chi connectivity index (χ4n) is 3.08. The molecular weight excluding hydrogens is 345 g/mol. The minimum absolute atomic E-state index is 0.227. The van der Waals surface area contributed by atoms with Gasteiger partial charge in [0.25, 0.3) is 5.91 Å². The second-order valence-corrected chi connectivity index (χ2v) is 6.25. The first-order valence-corrected chi connectivity index (χ1v) is 8.40. The Morgan fingerprint density at radius 3 is 2.58 bits per heavy atom. The lowest BCUT2D eigenvalue weighted by atomic mass is 9.96. The average Bonchev–Trinajstić information content (AvgIpc) is 2.66. The van der Waals surface area contributed by atoms with Gasteiger partial charge >= 0.3 is 6.18 Å². The second kappa shape index (κ2) is 7.72. The van der Waals surface area contributed by atoms with Crippen LogP contribution in [0.25, 0.3) is 0 Å². The molecule has 5 nitrogen and oxygen atoms in total. The first-order valence-electron chi connectivity index (χ1n) is 8.40. The minimum atomic E-state index is -4.55. The molecule has 138 valence electrons. The Morgan fingerprint density at radius 2 is 1.92 bits per heavy atom. The van der Waals surface area contributed by atoms with Crippen LogP contribution in [0.1, 0.15) is 28.8 Å². The maximum absolute atomic E-state index is 13.0. The van der Waals surface area contributed by atoms with Crippen molar-refractivity contribution < 1.29 is 18.0 Å². The van der Waals surface area contributed by atoms with Crippen molar-refractivity contribution in [1.82, 2.24) is 15.3 Å². The lowest BCUT2D eigenvalue weighted by Crippen LogP contribution is -2.39. The number of piperidine rings is 1. The van der Waals surface area contributed by atoms with Crippen molar-refractivity contribution in [2.24, 2.45) is 5.92 Å². The molecule has 1 aliphatic rings. The molecule has 2 heterocycles. The summed E-state index contributed by atoms with van der Waals surface area (Å²) in [6.45, 7) is 1.91. The molecular formula is C18H19F3N4O. The van der Waals surface area contributed by atoms with E-state index in [1.165, 1.54) is 18.2 Å². The molecule has 1 saturated heterocycles. The Balaban J connectivity index is 1.54. The number of aromatic nitrogens is 2. The highest BCUT2D eigenvalue weighted by Crippen LogP contribution is 2.31. The van der Waals surface area contributed by atoms with Crippen LogP contribution in [0.2, 0.25) is 0 Å². The molecule has 0 unspecified atom stereocenters. The summed E-state index contributed by atoms with van der Waals surface area (Å²) >= 11 is 0. The molecule has 3 rings (SSSR count). The van der Waals surface area contributed by atoms with E-state index in [-0.39, 0.29) is 11.5 Å². The topological polar surface area (TPSA) is 58.1 Å². The van der Waals surface area contributed by atoms with Crippen LogP contribution in [0, 0.1) is 5.92 Å². The molecule has 1 amide bonds. The van der Waals surface area contributed by atoms with Crippen LogP contribution < -0.4 is 10.2 Å². The van der Waals surface area contributed by atoms with Gasteiger partial charge in [0, 0.05) is 32.0 Å². The number of alkyl halides is 3. The summed E-state index contributed by atoms with van der Waals surface area (Å²) < 4.78 is 39.0. The molecule has 1 N–H and O–H groups in total. The van der Waals surface area contributed by atoms with E-state index < -0.39 is 17.6 Å². The predicted molar refractivity (Wildman–Crippen MR) is 90.7 cm³/mol. The number of nitrogens with zero attached hydrogens (tertiary/aromatic N) is 3. The van der Waals surface area contributed by atoms with Crippen molar-refractivity contribution >= 4 is 11.7 Å². The number of carbonyl (C=O) groups excluding carboxylic acids is 1. The number of halogens is 3. The van der Waals surface area contributed by atoms with Gasteiger partial charge in [-0.3, -0.25) is 9.78 Å². The fraction of sp³-hybridized carbons (Fsp3) is 0.389. The molecule has 1 aromatic heterocycles. The predicted octanol–water partition coefficient (Wildman–Crippen LogP) is 3.14. The van der Waals surface area contributed by atoms with E-state index in [2.05, 4.69) is 20.2 Å². The van der Waals surface area contributed by atoms with Gasteiger partial charge in [0.05, 0.1) is 17.3 Å². The number of hydrogen-bond acceptors (Lipinski definition) is 4. The molecule has 1 aliphatic heterocycles. The van der Waals surface area contributed by atoms with E-state index >= 15 is 0 Å². The Morgan fingerprint density at radius 1 is 1.19 bits per heavy atom. The van der Waals surface area contributed by atoms with Crippen LogP contribution >= 0.6 is 0 Å². The van der Waals surface area contributed by atoms with Crippen LogP contribution in [-0.2, 0) is 6.18 Å². The lowest BCUT2D eigenvalue weighted by Gasteiger charge is -2.32. The number of hydrogen-bond donors (Lipinski definition) is 1. The summed E-state index contributed by atoms with van der Waals surface area (Å²) in [5, 5.41) is 2.65. The van der Waals surface area contributed by atoms with Gasteiger partial charge in [-0.05, 0) is 30.9 Å². The Labute approximate surface area is 149 Å². The monoisotopic (exact) mass is 364 g/mol. The van der Waals surface area contributed by atoms with Gasteiger partial charge in [-0.25, -0.2) is 4.98 Å². The van der Waals surface area contributed by atoms with Crippen LogP contribution in [0.5, 0.6) is 0 Å². The van der Waals surface area contributed by atoms with E-state index in [0.717, 1.165) is 37.8 Å². The van der Waals surface area contributed by atoms with Gasteiger partial charge in [0.2, 0.25) is 0 Å². The van der Waals surface area contributed by atoms with E-state index in [0.29, 0.717) is 6.54 Å². The molecule has 0 spiro atoms. The zero-order chi connectivity index (χ0) is 18.6. The minimum Gasteiger partial charge on any atom is -0.355 e. The van der Waals surface area contributed by atoms with E-state index in [9.17, 15) is 18.0 Å². The lowest BCUT2D eigenvalue weighted by molar-refractivity contribution is -0.137. The molecule has 2 aromatic rings. The number of benzene rings is 1. The first-order chi connectivity index (χ1) is 12.4. The molecule has 0 atom stereocenters. The van der Waals surface area contributed by atoms with Gasteiger partial charge in [-0.2, -0.15) is 13.2 Å². The van der Waals surface area contributed by atoms with E-state index in [4.69, 9.17) is 0 Å². The smallest absolute Gasteiger partial charge is 0.355 e. The van der Waals surface area contributed by atoms with Gasteiger partial charge < -0.3 is 10.2 Å². The van der Waals surface area contributed by atoms with Crippen molar-refractivity contribution in [3.05, 3.63) is 54.0 Å². The summed E-state index contributed by atoms with van der Waals surface area (Å²) in [6.07, 6.45) is 2.08. The molecule has 0 bridgehead atoms. The van der Waals surface area contributed by atoms with Crippen LogP contribution in [0.3, 0.4) is 0 Å². The molecule has 0 saturated carbocycles. The molecule has 1 fully saturated rings. The Kier molecular flexibility index (Phi) is 5.39. The van der Waals surface area contributed by atoms with Gasteiger partial charge in [-0.1, -0.05) is 12.1 Å². The van der Waals surface area contributed by atoms with Gasteiger partial charge in [0.15, 0.2) is 0 Å². The molecule has 26 heavy (non-hydrogen) atoms. The zero-order valence-electron chi connectivity index (χ0n) is 14.0. The average molecular weight is 364 g/mol. The summed E-state index contributed by atoms with van der Waals surface area (Å²) in [4.78, 5) is 22.6. The Hall–Kier alpha value is -2.64. The highest BCUT2D eigenvalue weighted by Gasteiger charge is 2.34. The maximum atomic E-state index is 13.0. The van der Waals surface area contributed by atoms with E-state index in [1.54, 1.807) is 18.6 Å². The highest BCUT2D eigenvalue weighted by atomic mass is 19.4. The highest BCUT2D eigenvalue weighted by molar-refractivity contribution is 5.95. The number of amides is 1. The van der Waals surface area contributed by atoms with Gasteiger partial charge in [0.1, 0.15) is 5.82 Å². The molecule has 0 aliphatic carbocycles. The van der Waals surface area contributed by atoms with E-state index in [1.807, 2.05) is 0 Å². The van der Waals surface area contributed by atoms with Crippen LogP contribution in [-0.4, -0.2) is 35.5 Å². The zero-order valence-corrected chi connectivity index (χ0v) is 14.0. The summed E-state index contributed by atoms with van der Waals surface area (Å²) in [6, 6.07) is 4.84. The third-order valence-electron chi connectivity index (χ3n) is 4.52. The standard InChI is InChI=1S/C18H19F3N4O/c19-18(20,21)15-4-2-1-3-14(15)17(26)24-11-13-5-9-25(10-6-13)16-12-22-7-8-23-16/h1-4,7-8,12-13H,5-6,9-11H2,(H,24,26). The fourth-order valence-corrected chi connectivity index (χ4v) is 3.08. The number of anilines is 1. The summed E-state index contributed by atoms with van der Waals surface area (Å²) in [5.74, 6) is 0.355. The summed E-state index contributed by atoms with van der Waals surface area (Å²) in [5.41, 5.74) is -1.24. The van der Waals surface area contributed by atoms with Gasteiger partial charge in [-0.15, -0.1) is 0 Å². The van der Waals surface area contributed by atoms with Crippen LogP contribution in [0.4, 0.5) is 19.0 Å². The number of nitrogens with one attached hydrogen (secondary N) is 1. The Bertz CT molecular complexity index is 744. The first kappa shape index (κ1) is 18.2. The SMILES string of the molecule is O=C(NCC1CCN(c2cnccn2)CC1)c1ccccc1C(F)(F)F. The molecule has 8 heteroatoms. The number of carbonyl (C=O) groups is 1. The normalized spacial score (nSPS) is 15.7.